The van der Waals surface area contributed by atoms with Crippen molar-refractivity contribution < 1.29 is 4.39 Å². The third-order valence-electron chi connectivity index (χ3n) is 3.18. The molecular weight excluding hydrogens is 307 g/mol. The van der Waals surface area contributed by atoms with E-state index in [2.05, 4.69) is 54.1 Å². The predicted octanol–water partition coefficient (Wildman–Crippen LogP) is 3.65. The molecule has 0 aliphatic heterocycles. The number of likely N-dealkylation sites (N-methyl/N-ethyl adjacent to an activating group) is 1. The van der Waals surface area contributed by atoms with Crippen molar-refractivity contribution in [1.82, 2.24) is 10.2 Å². The Balaban J connectivity index is 2.47. The number of benzene rings is 1. The van der Waals surface area contributed by atoms with Gasteiger partial charge in [0.2, 0.25) is 0 Å². The Hall–Kier alpha value is -0.450. The normalized spacial score (nSPS) is 13.3. The smallest absolute Gasteiger partial charge is 0.128 e. The average Bonchev–Trinajstić information content (AvgIpc) is 2.29. The Labute approximate surface area is 124 Å². The topological polar surface area (TPSA) is 15.3 Å². The lowest BCUT2D eigenvalue weighted by atomic mass is 10.0. The van der Waals surface area contributed by atoms with E-state index in [4.69, 9.17) is 0 Å². The van der Waals surface area contributed by atoms with E-state index < -0.39 is 0 Å². The Kier molecular flexibility index (Phi) is 6.97. The highest BCUT2D eigenvalue weighted by Crippen LogP contribution is 2.15. The van der Waals surface area contributed by atoms with Crippen LogP contribution in [0.25, 0.3) is 0 Å². The standard InChI is InChI=1S/C15H24BrFN2/c1-11(2)7-14(19(3)4)10-18-9-12-5-6-13(16)8-15(12)17/h5-6,8,11,14,18H,7,9-10H2,1-4H3. The van der Waals surface area contributed by atoms with Crippen molar-refractivity contribution in [2.24, 2.45) is 5.92 Å². The van der Waals surface area contributed by atoms with E-state index in [-0.39, 0.29) is 5.82 Å². The molecule has 19 heavy (non-hydrogen) atoms. The second-order valence-electron chi connectivity index (χ2n) is 5.61. The van der Waals surface area contributed by atoms with Gasteiger partial charge in [0.1, 0.15) is 5.82 Å². The zero-order valence-electron chi connectivity index (χ0n) is 12.2. The molecule has 0 heterocycles. The fraction of sp³-hybridized carbons (Fsp3) is 0.600. The van der Waals surface area contributed by atoms with Crippen LogP contribution in [0.15, 0.2) is 22.7 Å². The fourth-order valence-electron chi connectivity index (χ4n) is 2.06. The minimum atomic E-state index is -0.160. The van der Waals surface area contributed by atoms with E-state index in [0.717, 1.165) is 17.4 Å². The predicted molar refractivity (Wildman–Crippen MR) is 82.7 cm³/mol. The van der Waals surface area contributed by atoms with Gasteiger partial charge in [-0.3, -0.25) is 0 Å². The molecule has 0 saturated carbocycles. The second-order valence-corrected chi connectivity index (χ2v) is 6.53. The molecule has 4 heteroatoms. The summed E-state index contributed by atoms with van der Waals surface area (Å²) in [5.41, 5.74) is 0.713. The van der Waals surface area contributed by atoms with Crippen LogP contribution in [0.1, 0.15) is 25.8 Å². The van der Waals surface area contributed by atoms with Gasteiger partial charge in [0, 0.05) is 29.2 Å². The molecule has 2 nitrogen and oxygen atoms in total. The summed E-state index contributed by atoms with van der Waals surface area (Å²) in [5.74, 6) is 0.505. The summed E-state index contributed by atoms with van der Waals surface area (Å²) >= 11 is 3.27. The molecule has 0 radical (unpaired) electrons. The molecule has 1 rings (SSSR count). The molecule has 1 N–H and O–H groups in total. The summed E-state index contributed by atoms with van der Waals surface area (Å²) in [6.45, 7) is 5.90. The van der Waals surface area contributed by atoms with E-state index >= 15 is 0 Å². The van der Waals surface area contributed by atoms with Crippen LogP contribution in [0, 0.1) is 11.7 Å². The lowest BCUT2D eigenvalue weighted by Gasteiger charge is -2.26. The number of halogens is 2. The maximum Gasteiger partial charge on any atom is 0.128 e. The molecule has 108 valence electrons. The summed E-state index contributed by atoms with van der Waals surface area (Å²) < 4.78 is 14.4. The molecule has 0 aliphatic carbocycles. The number of hydrogen-bond donors (Lipinski definition) is 1. The van der Waals surface area contributed by atoms with Gasteiger partial charge in [-0.05, 0) is 38.6 Å². The number of hydrogen-bond acceptors (Lipinski definition) is 2. The van der Waals surface area contributed by atoms with E-state index in [0.29, 0.717) is 24.1 Å². The van der Waals surface area contributed by atoms with Gasteiger partial charge >= 0.3 is 0 Å². The minimum Gasteiger partial charge on any atom is -0.311 e. The van der Waals surface area contributed by atoms with Gasteiger partial charge in [0.15, 0.2) is 0 Å². The Morgan fingerprint density at radius 2 is 2.00 bits per heavy atom. The number of nitrogens with zero attached hydrogens (tertiary/aromatic N) is 1. The fourth-order valence-corrected chi connectivity index (χ4v) is 2.39. The lowest BCUT2D eigenvalue weighted by Crippen LogP contribution is -2.38. The molecule has 1 aromatic rings. The van der Waals surface area contributed by atoms with E-state index in [9.17, 15) is 4.39 Å². The van der Waals surface area contributed by atoms with Crippen LogP contribution in [-0.4, -0.2) is 31.6 Å². The van der Waals surface area contributed by atoms with Gasteiger partial charge in [-0.2, -0.15) is 0 Å². The Bertz CT molecular complexity index is 394. The first-order valence-electron chi connectivity index (χ1n) is 6.71. The van der Waals surface area contributed by atoms with Crippen LogP contribution in [0.2, 0.25) is 0 Å². The molecule has 0 amide bonds. The molecular formula is C15H24BrFN2. The molecule has 1 unspecified atom stereocenters. The van der Waals surface area contributed by atoms with Crippen LogP contribution in [-0.2, 0) is 6.54 Å². The maximum absolute atomic E-state index is 13.7. The summed E-state index contributed by atoms with van der Waals surface area (Å²) in [4.78, 5) is 2.23. The van der Waals surface area contributed by atoms with Gasteiger partial charge in [-0.25, -0.2) is 4.39 Å². The molecule has 0 fully saturated rings. The largest absolute Gasteiger partial charge is 0.311 e. The summed E-state index contributed by atoms with van der Waals surface area (Å²) in [6, 6.07) is 5.68. The molecule has 1 atom stereocenters. The summed E-state index contributed by atoms with van der Waals surface area (Å²) in [6.07, 6.45) is 1.14. The highest BCUT2D eigenvalue weighted by molar-refractivity contribution is 9.10. The molecule has 0 spiro atoms. The van der Waals surface area contributed by atoms with Gasteiger partial charge < -0.3 is 10.2 Å². The van der Waals surface area contributed by atoms with Crippen LogP contribution >= 0.6 is 15.9 Å². The first-order chi connectivity index (χ1) is 8.90. The van der Waals surface area contributed by atoms with Crippen LogP contribution in [0.4, 0.5) is 4.39 Å². The first-order valence-corrected chi connectivity index (χ1v) is 7.50. The molecule has 0 aromatic heterocycles. The second kappa shape index (κ2) is 7.98. The van der Waals surface area contributed by atoms with Crippen LogP contribution in [0.3, 0.4) is 0 Å². The van der Waals surface area contributed by atoms with E-state index in [1.165, 1.54) is 6.07 Å². The van der Waals surface area contributed by atoms with Gasteiger partial charge in [-0.1, -0.05) is 35.8 Å². The van der Waals surface area contributed by atoms with Crippen molar-refractivity contribution in [3.63, 3.8) is 0 Å². The third kappa shape index (κ3) is 6.02. The molecule has 0 aliphatic rings. The van der Waals surface area contributed by atoms with Crippen molar-refractivity contribution in [3.05, 3.63) is 34.1 Å². The first kappa shape index (κ1) is 16.6. The van der Waals surface area contributed by atoms with Gasteiger partial charge in [-0.15, -0.1) is 0 Å². The van der Waals surface area contributed by atoms with Crippen molar-refractivity contribution in [3.8, 4) is 0 Å². The van der Waals surface area contributed by atoms with Crippen molar-refractivity contribution in [2.75, 3.05) is 20.6 Å². The van der Waals surface area contributed by atoms with E-state index in [1.807, 2.05) is 12.1 Å². The third-order valence-corrected chi connectivity index (χ3v) is 3.68. The molecule has 0 bridgehead atoms. The van der Waals surface area contributed by atoms with E-state index in [1.54, 1.807) is 0 Å². The zero-order valence-corrected chi connectivity index (χ0v) is 13.8. The number of rotatable bonds is 7. The van der Waals surface area contributed by atoms with Gasteiger partial charge in [0.25, 0.3) is 0 Å². The SMILES string of the molecule is CC(C)CC(CNCc1ccc(Br)cc1F)N(C)C. The highest BCUT2D eigenvalue weighted by atomic mass is 79.9. The molecule has 1 aromatic carbocycles. The Morgan fingerprint density at radius 3 is 2.53 bits per heavy atom. The maximum atomic E-state index is 13.7. The van der Waals surface area contributed by atoms with Crippen molar-refractivity contribution >= 4 is 15.9 Å². The highest BCUT2D eigenvalue weighted by Gasteiger charge is 2.13. The average molecular weight is 331 g/mol. The Morgan fingerprint density at radius 1 is 1.32 bits per heavy atom. The zero-order chi connectivity index (χ0) is 14.4. The summed E-state index contributed by atoms with van der Waals surface area (Å²) in [7, 11) is 4.18. The monoisotopic (exact) mass is 330 g/mol. The minimum absolute atomic E-state index is 0.160. The van der Waals surface area contributed by atoms with Crippen LogP contribution < -0.4 is 5.32 Å². The lowest BCUT2D eigenvalue weighted by molar-refractivity contribution is 0.246. The quantitative estimate of drug-likeness (QED) is 0.820. The number of nitrogens with one attached hydrogen (secondary N) is 1. The van der Waals surface area contributed by atoms with Crippen LogP contribution in [0.5, 0.6) is 0 Å². The van der Waals surface area contributed by atoms with Crippen molar-refractivity contribution in [1.29, 1.82) is 0 Å². The summed E-state index contributed by atoms with van der Waals surface area (Å²) in [5, 5.41) is 3.35. The molecule has 0 saturated heterocycles. The van der Waals surface area contributed by atoms with Gasteiger partial charge in [0.05, 0.1) is 0 Å². The van der Waals surface area contributed by atoms with Crippen molar-refractivity contribution in [2.45, 2.75) is 32.9 Å².